The van der Waals surface area contributed by atoms with Gasteiger partial charge in [-0.1, -0.05) is 5.21 Å². The van der Waals surface area contributed by atoms with E-state index in [1.54, 1.807) is 4.90 Å². The summed E-state index contributed by atoms with van der Waals surface area (Å²) in [6.45, 7) is 8.48. The zero-order chi connectivity index (χ0) is 22.4. The van der Waals surface area contributed by atoms with Gasteiger partial charge in [-0.15, -0.1) is 5.10 Å². The Morgan fingerprint density at radius 1 is 1.19 bits per heavy atom. The summed E-state index contributed by atoms with van der Waals surface area (Å²) in [6.07, 6.45) is 0.907. The van der Waals surface area contributed by atoms with E-state index in [1.807, 2.05) is 27.7 Å². The zero-order valence-corrected chi connectivity index (χ0v) is 18.5. The molecule has 0 radical (unpaired) electrons. The van der Waals surface area contributed by atoms with E-state index in [0.29, 0.717) is 31.8 Å². The van der Waals surface area contributed by atoms with Gasteiger partial charge < -0.3 is 28.6 Å². The summed E-state index contributed by atoms with van der Waals surface area (Å²) in [5.74, 6) is -1.28. The Morgan fingerprint density at radius 3 is 2.65 bits per heavy atom. The van der Waals surface area contributed by atoms with Crippen LogP contribution in [0.5, 0.6) is 0 Å². The molecule has 31 heavy (non-hydrogen) atoms. The van der Waals surface area contributed by atoms with E-state index in [9.17, 15) is 9.59 Å². The van der Waals surface area contributed by atoms with Crippen molar-refractivity contribution in [2.75, 3.05) is 25.2 Å². The van der Waals surface area contributed by atoms with Crippen LogP contribution in [0.25, 0.3) is 0 Å². The molecule has 11 heteroatoms. The fourth-order valence-corrected chi connectivity index (χ4v) is 4.49. The molecule has 11 nitrogen and oxygen atoms in total. The summed E-state index contributed by atoms with van der Waals surface area (Å²) in [5, 5.41) is 10.4. The number of H-pyrrole nitrogens is 1. The molecule has 0 amide bonds. The average molecular weight is 438 g/mol. The third-order valence-corrected chi connectivity index (χ3v) is 6.11. The number of hydrogen-bond acceptors (Lipinski definition) is 10. The predicted molar refractivity (Wildman–Crippen MR) is 106 cm³/mol. The number of nitrogens with one attached hydrogen (secondary N) is 1. The van der Waals surface area contributed by atoms with Crippen LogP contribution in [0.4, 0.5) is 5.82 Å². The molecule has 4 heterocycles. The Labute approximate surface area is 180 Å². The van der Waals surface area contributed by atoms with E-state index >= 15 is 0 Å². The van der Waals surface area contributed by atoms with E-state index in [4.69, 9.17) is 23.7 Å². The maximum atomic E-state index is 13.0. The van der Waals surface area contributed by atoms with Gasteiger partial charge in [-0.05, 0) is 40.5 Å². The van der Waals surface area contributed by atoms with Crippen molar-refractivity contribution in [2.45, 2.75) is 82.7 Å². The highest BCUT2D eigenvalue weighted by Crippen LogP contribution is 2.38. The van der Waals surface area contributed by atoms with Crippen LogP contribution in [0.1, 0.15) is 57.4 Å². The number of methoxy groups -OCH3 is 1. The van der Waals surface area contributed by atoms with Gasteiger partial charge in [0.2, 0.25) is 5.69 Å². The molecule has 1 unspecified atom stereocenters. The van der Waals surface area contributed by atoms with Crippen molar-refractivity contribution in [3.05, 3.63) is 5.69 Å². The molecule has 3 fully saturated rings. The number of rotatable bonds is 5. The number of nitrogens with zero attached hydrogens (tertiary/aromatic N) is 3. The monoisotopic (exact) mass is 438 g/mol. The highest BCUT2D eigenvalue weighted by Gasteiger charge is 2.50. The Balaban J connectivity index is 1.46. The minimum Gasteiger partial charge on any atom is -0.467 e. The fourth-order valence-electron chi connectivity index (χ4n) is 4.49. The van der Waals surface area contributed by atoms with Gasteiger partial charge in [-0.25, -0.2) is 14.7 Å². The second-order valence-electron chi connectivity index (χ2n) is 9.14. The van der Waals surface area contributed by atoms with E-state index in [2.05, 4.69) is 15.4 Å². The van der Waals surface area contributed by atoms with Gasteiger partial charge in [0.1, 0.15) is 23.9 Å². The van der Waals surface area contributed by atoms with Crippen LogP contribution >= 0.6 is 0 Å². The van der Waals surface area contributed by atoms with Crippen LogP contribution in [0.3, 0.4) is 0 Å². The molecule has 3 aliphatic heterocycles. The van der Waals surface area contributed by atoms with E-state index in [0.717, 1.165) is 6.42 Å². The molecule has 4 atom stereocenters. The molecule has 3 aliphatic rings. The quantitative estimate of drug-likeness (QED) is 0.670. The molecule has 0 spiro atoms. The van der Waals surface area contributed by atoms with Crippen LogP contribution in [0.2, 0.25) is 0 Å². The number of carbonyl (C=O) groups excluding carboxylic acids is 2. The molecular weight excluding hydrogens is 408 g/mol. The molecule has 0 bridgehead atoms. The minimum atomic E-state index is -0.706. The highest BCUT2D eigenvalue weighted by atomic mass is 16.8. The van der Waals surface area contributed by atoms with Crippen molar-refractivity contribution < 1.29 is 33.3 Å². The molecule has 1 aromatic heterocycles. The first-order valence-corrected chi connectivity index (χ1v) is 10.6. The minimum absolute atomic E-state index is 0.0386. The molecule has 0 aliphatic carbocycles. The van der Waals surface area contributed by atoms with E-state index in [1.165, 1.54) is 7.11 Å². The van der Waals surface area contributed by atoms with Crippen LogP contribution in [-0.4, -0.2) is 83.4 Å². The number of anilines is 1. The Bertz CT molecular complexity index is 839. The first-order chi connectivity index (χ1) is 14.6. The third-order valence-electron chi connectivity index (χ3n) is 6.11. The lowest BCUT2D eigenvalue weighted by Gasteiger charge is -2.27. The van der Waals surface area contributed by atoms with Gasteiger partial charge in [-0.2, -0.15) is 0 Å². The summed E-state index contributed by atoms with van der Waals surface area (Å²) >= 11 is 0. The molecule has 172 valence electrons. The lowest BCUT2D eigenvalue weighted by atomic mass is 10.00. The first kappa shape index (κ1) is 22.0. The number of carbonyl (C=O) groups is 2. The number of hydrogen-bond donors (Lipinski definition) is 1. The first-order valence-electron chi connectivity index (χ1n) is 10.6. The Hall–Kier alpha value is -2.24. The van der Waals surface area contributed by atoms with Gasteiger partial charge >= 0.3 is 11.9 Å². The van der Waals surface area contributed by atoms with Crippen LogP contribution in [0.15, 0.2) is 0 Å². The molecule has 3 saturated heterocycles. The largest absolute Gasteiger partial charge is 0.467 e. The molecule has 0 saturated carbocycles. The van der Waals surface area contributed by atoms with Gasteiger partial charge in [0.05, 0.1) is 19.8 Å². The topological polar surface area (TPSA) is 125 Å². The van der Waals surface area contributed by atoms with Gasteiger partial charge in [0.15, 0.2) is 11.6 Å². The van der Waals surface area contributed by atoms with E-state index < -0.39 is 29.5 Å². The van der Waals surface area contributed by atoms with Crippen molar-refractivity contribution in [1.29, 1.82) is 0 Å². The second kappa shape index (κ2) is 8.03. The molecule has 4 rings (SSSR count). The van der Waals surface area contributed by atoms with Crippen LogP contribution in [0, 0.1) is 0 Å². The maximum Gasteiger partial charge on any atom is 0.363 e. The SMILES string of the molecule is COC(=O)[C@@H]1CCCN1c1[nH]nnc1C(=O)OC1C[C@H]([C@H]2COC(C)(C)O2)OC1(C)C. The van der Waals surface area contributed by atoms with Crippen molar-refractivity contribution in [1.82, 2.24) is 15.4 Å². The predicted octanol–water partition coefficient (Wildman–Crippen LogP) is 1.19. The summed E-state index contributed by atoms with van der Waals surface area (Å²) in [7, 11) is 1.35. The molecule has 0 aromatic carbocycles. The van der Waals surface area contributed by atoms with Gasteiger partial charge in [-0.3, -0.25) is 0 Å². The average Bonchev–Trinajstić information content (AvgIpc) is 3.46. The van der Waals surface area contributed by atoms with Crippen molar-refractivity contribution in [2.24, 2.45) is 0 Å². The van der Waals surface area contributed by atoms with E-state index in [-0.39, 0.29) is 23.9 Å². The summed E-state index contributed by atoms with van der Waals surface area (Å²) in [6, 6.07) is -0.489. The second-order valence-corrected chi connectivity index (χ2v) is 9.14. The maximum absolute atomic E-state index is 13.0. The Kier molecular flexibility index (Phi) is 5.69. The fraction of sp³-hybridized carbons (Fsp3) is 0.800. The molecule has 1 N–H and O–H groups in total. The molecule has 1 aromatic rings. The normalized spacial score (nSPS) is 31.7. The lowest BCUT2D eigenvalue weighted by Crippen LogP contribution is -2.39. The van der Waals surface area contributed by atoms with Crippen molar-refractivity contribution in [3.63, 3.8) is 0 Å². The Morgan fingerprint density at radius 2 is 1.97 bits per heavy atom. The van der Waals surface area contributed by atoms with Crippen LogP contribution < -0.4 is 4.90 Å². The lowest BCUT2D eigenvalue weighted by molar-refractivity contribution is -0.161. The van der Waals surface area contributed by atoms with Crippen molar-refractivity contribution in [3.8, 4) is 0 Å². The number of esters is 2. The number of ether oxygens (including phenoxy) is 5. The van der Waals surface area contributed by atoms with Crippen LogP contribution in [-0.2, 0) is 28.5 Å². The number of aromatic amines is 1. The third kappa shape index (κ3) is 4.26. The standard InChI is InChI=1S/C20H30N4O7/c1-19(2)14(9-12(30-19)13-10-28-20(3,4)31-13)29-18(26)15-16(22-23-21-15)24-8-6-7-11(24)17(25)27-5/h11-14H,6-10H2,1-5H3,(H,21,22,23)/t11-,12+,13+,14?/m0/s1. The smallest absolute Gasteiger partial charge is 0.363 e. The summed E-state index contributed by atoms with van der Waals surface area (Å²) in [5.41, 5.74) is -0.667. The summed E-state index contributed by atoms with van der Waals surface area (Å²) in [4.78, 5) is 26.9. The molecular formula is C20H30N4O7. The summed E-state index contributed by atoms with van der Waals surface area (Å²) < 4.78 is 28.4. The van der Waals surface area contributed by atoms with Gasteiger partial charge in [0, 0.05) is 13.0 Å². The van der Waals surface area contributed by atoms with Gasteiger partial charge in [0.25, 0.3) is 0 Å². The highest BCUT2D eigenvalue weighted by molar-refractivity contribution is 5.94. The number of aromatic nitrogens is 3. The zero-order valence-electron chi connectivity index (χ0n) is 18.5. The van der Waals surface area contributed by atoms with Crippen molar-refractivity contribution >= 4 is 17.8 Å².